The van der Waals surface area contributed by atoms with Crippen LogP contribution in [0.4, 0.5) is 0 Å². The van der Waals surface area contributed by atoms with Crippen LogP contribution < -0.4 is 10.6 Å². The molecule has 2 heterocycles. The maximum absolute atomic E-state index is 4.33. The minimum absolute atomic E-state index is 0. The highest BCUT2D eigenvalue weighted by atomic mass is 127. The molecule has 0 aromatic carbocycles. The number of thiophene rings is 1. The van der Waals surface area contributed by atoms with Crippen molar-refractivity contribution in [3.8, 4) is 0 Å². The fourth-order valence-electron chi connectivity index (χ4n) is 3.21. The van der Waals surface area contributed by atoms with Gasteiger partial charge < -0.3 is 10.6 Å². The first-order valence-electron chi connectivity index (χ1n) is 8.44. The number of likely N-dealkylation sites (tertiary alicyclic amines) is 1. The molecule has 0 bridgehead atoms. The van der Waals surface area contributed by atoms with Crippen LogP contribution in [0.3, 0.4) is 0 Å². The van der Waals surface area contributed by atoms with Crippen molar-refractivity contribution in [1.82, 2.24) is 15.5 Å². The Morgan fingerprint density at radius 1 is 1.43 bits per heavy atom. The number of unbranched alkanes of at least 4 members (excludes halogenated alkanes) is 1. The summed E-state index contributed by atoms with van der Waals surface area (Å²) in [5.41, 5.74) is 0. The SMILES string of the molecule is CCCCNC(=NC)NCC1CCCN(C)C1c1cccs1.I. The van der Waals surface area contributed by atoms with Gasteiger partial charge in [0, 0.05) is 31.1 Å². The van der Waals surface area contributed by atoms with Gasteiger partial charge in [0.1, 0.15) is 0 Å². The van der Waals surface area contributed by atoms with E-state index in [1.807, 2.05) is 18.4 Å². The number of hydrogen-bond acceptors (Lipinski definition) is 3. The standard InChI is InChI=1S/C17H30N4S.HI/c1-4-5-10-19-17(18-2)20-13-14-8-6-11-21(3)16(14)15-9-7-12-22-15;/h7,9,12,14,16H,4-6,8,10-11,13H2,1-3H3,(H2,18,19,20);1H. The lowest BCUT2D eigenvalue weighted by molar-refractivity contribution is 0.125. The Morgan fingerprint density at radius 3 is 2.91 bits per heavy atom. The lowest BCUT2D eigenvalue weighted by atomic mass is 9.88. The Bertz CT molecular complexity index is 449. The van der Waals surface area contributed by atoms with Crippen molar-refractivity contribution in [3.05, 3.63) is 22.4 Å². The molecule has 0 radical (unpaired) electrons. The molecule has 0 amide bonds. The zero-order chi connectivity index (χ0) is 15.8. The first-order valence-corrected chi connectivity index (χ1v) is 9.32. The number of nitrogens with one attached hydrogen (secondary N) is 2. The monoisotopic (exact) mass is 450 g/mol. The number of nitrogens with zero attached hydrogens (tertiary/aromatic N) is 2. The number of guanidine groups is 1. The van der Waals surface area contributed by atoms with E-state index in [-0.39, 0.29) is 24.0 Å². The lowest BCUT2D eigenvalue weighted by Gasteiger charge is -2.39. The van der Waals surface area contributed by atoms with Crippen LogP contribution in [0.1, 0.15) is 43.5 Å². The average molecular weight is 450 g/mol. The summed E-state index contributed by atoms with van der Waals surface area (Å²) in [5, 5.41) is 9.11. The van der Waals surface area contributed by atoms with Crippen LogP contribution in [0.5, 0.6) is 0 Å². The molecule has 2 unspecified atom stereocenters. The third kappa shape index (κ3) is 6.23. The highest BCUT2D eigenvalue weighted by molar-refractivity contribution is 14.0. The summed E-state index contributed by atoms with van der Waals surface area (Å²) in [6.45, 7) is 5.39. The first-order chi connectivity index (χ1) is 10.8. The first kappa shape index (κ1) is 20.7. The molecule has 2 rings (SSSR count). The number of hydrogen-bond donors (Lipinski definition) is 2. The summed E-state index contributed by atoms with van der Waals surface area (Å²) in [6, 6.07) is 4.98. The Kier molecular flexibility index (Phi) is 10.1. The van der Waals surface area contributed by atoms with Gasteiger partial charge in [0.15, 0.2) is 5.96 Å². The Hall–Kier alpha value is -0.340. The van der Waals surface area contributed by atoms with Crippen molar-refractivity contribution in [3.63, 3.8) is 0 Å². The summed E-state index contributed by atoms with van der Waals surface area (Å²) < 4.78 is 0. The van der Waals surface area contributed by atoms with Crippen LogP contribution in [-0.2, 0) is 0 Å². The fourth-order valence-corrected chi connectivity index (χ4v) is 4.20. The van der Waals surface area contributed by atoms with Gasteiger partial charge >= 0.3 is 0 Å². The topological polar surface area (TPSA) is 39.7 Å². The average Bonchev–Trinajstić information content (AvgIpc) is 3.04. The van der Waals surface area contributed by atoms with Gasteiger partial charge in [0.05, 0.1) is 0 Å². The third-order valence-corrected chi connectivity index (χ3v) is 5.36. The largest absolute Gasteiger partial charge is 0.356 e. The zero-order valence-electron chi connectivity index (χ0n) is 14.5. The highest BCUT2D eigenvalue weighted by Gasteiger charge is 2.31. The van der Waals surface area contributed by atoms with E-state index in [0.29, 0.717) is 12.0 Å². The molecule has 0 aliphatic carbocycles. The van der Waals surface area contributed by atoms with Crippen LogP contribution in [0.15, 0.2) is 22.5 Å². The molecule has 1 fully saturated rings. The quantitative estimate of drug-likeness (QED) is 0.301. The van der Waals surface area contributed by atoms with Crippen LogP contribution in [0.25, 0.3) is 0 Å². The third-order valence-electron chi connectivity index (χ3n) is 4.42. The van der Waals surface area contributed by atoms with Gasteiger partial charge in [0.25, 0.3) is 0 Å². The van der Waals surface area contributed by atoms with E-state index in [4.69, 9.17) is 0 Å². The second-order valence-electron chi connectivity index (χ2n) is 6.08. The van der Waals surface area contributed by atoms with Crippen molar-refractivity contribution in [1.29, 1.82) is 0 Å². The van der Waals surface area contributed by atoms with E-state index >= 15 is 0 Å². The van der Waals surface area contributed by atoms with Crippen molar-refractivity contribution in [2.24, 2.45) is 10.9 Å². The van der Waals surface area contributed by atoms with Gasteiger partial charge in [0.2, 0.25) is 0 Å². The fraction of sp³-hybridized carbons (Fsp3) is 0.706. The predicted molar refractivity (Wildman–Crippen MR) is 112 cm³/mol. The van der Waals surface area contributed by atoms with E-state index in [1.165, 1.54) is 37.1 Å². The summed E-state index contributed by atoms with van der Waals surface area (Å²) >= 11 is 1.88. The molecule has 0 saturated carbocycles. The smallest absolute Gasteiger partial charge is 0.190 e. The Morgan fingerprint density at radius 2 is 2.26 bits per heavy atom. The Labute approximate surface area is 162 Å². The predicted octanol–water partition coefficient (Wildman–Crippen LogP) is 3.71. The van der Waals surface area contributed by atoms with E-state index in [9.17, 15) is 0 Å². The Balaban J connectivity index is 0.00000264. The molecule has 2 N–H and O–H groups in total. The summed E-state index contributed by atoms with van der Waals surface area (Å²) in [5.74, 6) is 1.58. The molecule has 1 saturated heterocycles. The summed E-state index contributed by atoms with van der Waals surface area (Å²) in [7, 11) is 4.11. The molecule has 4 nitrogen and oxygen atoms in total. The van der Waals surface area contributed by atoms with Crippen molar-refractivity contribution >= 4 is 41.3 Å². The number of piperidine rings is 1. The second-order valence-corrected chi connectivity index (χ2v) is 7.06. The second kappa shape index (κ2) is 11.3. The van der Waals surface area contributed by atoms with Gasteiger partial charge in [-0.25, -0.2) is 0 Å². The molecule has 6 heteroatoms. The molecular formula is C17H31IN4S. The summed E-state index contributed by atoms with van der Waals surface area (Å²) in [6.07, 6.45) is 4.96. The number of halogens is 1. The van der Waals surface area contributed by atoms with Crippen molar-refractivity contribution in [2.75, 3.05) is 33.7 Å². The maximum atomic E-state index is 4.33. The van der Waals surface area contributed by atoms with E-state index in [2.05, 4.69) is 52.0 Å². The summed E-state index contributed by atoms with van der Waals surface area (Å²) in [4.78, 5) is 8.33. The molecule has 1 aromatic heterocycles. The molecule has 1 aromatic rings. The van der Waals surface area contributed by atoms with Crippen LogP contribution in [0, 0.1) is 5.92 Å². The van der Waals surface area contributed by atoms with E-state index < -0.39 is 0 Å². The van der Waals surface area contributed by atoms with Gasteiger partial charge in [-0.1, -0.05) is 19.4 Å². The zero-order valence-corrected chi connectivity index (χ0v) is 17.7. The van der Waals surface area contributed by atoms with Crippen molar-refractivity contribution < 1.29 is 0 Å². The van der Waals surface area contributed by atoms with Crippen molar-refractivity contribution in [2.45, 2.75) is 38.6 Å². The minimum atomic E-state index is 0. The highest BCUT2D eigenvalue weighted by Crippen LogP contribution is 2.36. The molecule has 1 aliphatic heterocycles. The number of aliphatic imine (C=N–C) groups is 1. The van der Waals surface area contributed by atoms with E-state index in [1.54, 1.807) is 0 Å². The lowest BCUT2D eigenvalue weighted by Crippen LogP contribution is -2.45. The van der Waals surface area contributed by atoms with Gasteiger partial charge in [-0.2, -0.15) is 0 Å². The van der Waals surface area contributed by atoms with Crippen LogP contribution >= 0.6 is 35.3 Å². The van der Waals surface area contributed by atoms with Crippen LogP contribution in [-0.4, -0.2) is 44.6 Å². The molecule has 2 atom stereocenters. The van der Waals surface area contributed by atoms with Gasteiger partial charge in [-0.05, 0) is 50.2 Å². The maximum Gasteiger partial charge on any atom is 0.190 e. The minimum Gasteiger partial charge on any atom is -0.356 e. The van der Waals surface area contributed by atoms with Gasteiger partial charge in [-0.3, -0.25) is 9.89 Å². The molecular weight excluding hydrogens is 419 g/mol. The normalized spacial score (nSPS) is 22.5. The van der Waals surface area contributed by atoms with E-state index in [0.717, 1.165) is 19.0 Å². The number of rotatable bonds is 6. The molecule has 132 valence electrons. The molecule has 0 spiro atoms. The van der Waals surface area contributed by atoms with Crippen LogP contribution in [0.2, 0.25) is 0 Å². The molecule has 1 aliphatic rings. The van der Waals surface area contributed by atoms with Gasteiger partial charge in [-0.15, -0.1) is 35.3 Å². The molecule has 23 heavy (non-hydrogen) atoms.